The van der Waals surface area contributed by atoms with Crippen molar-refractivity contribution in [2.75, 3.05) is 18.0 Å². The highest BCUT2D eigenvalue weighted by Crippen LogP contribution is 2.24. The molecule has 1 fully saturated rings. The number of halogens is 1. The Bertz CT molecular complexity index is 570. The quantitative estimate of drug-likeness (QED) is 0.873. The molecule has 3 rings (SSSR count). The van der Waals surface area contributed by atoms with Crippen molar-refractivity contribution >= 4 is 17.0 Å². The average molecular weight is 262 g/mol. The van der Waals surface area contributed by atoms with Crippen LogP contribution in [0.15, 0.2) is 18.2 Å². The maximum absolute atomic E-state index is 13.2. The lowest BCUT2D eigenvalue weighted by Gasteiger charge is -2.33. The van der Waals surface area contributed by atoms with Crippen molar-refractivity contribution in [2.24, 2.45) is 11.7 Å². The van der Waals surface area contributed by atoms with E-state index in [1.807, 2.05) is 0 Å². The second-order valence-corrected chi connectivity index (χ2v) is 5.41. The number of aromatic nitrogens is 2. The third-order valence-electron chi connectivity index (χ3n) is 4.01. The number of hydrogen-bond donors (Lipinski definition) is 2. The molecule has 0 saturated carbocycles. The summed E-state index contributed by atoms with van der Waals surface area (Å²) in [5.74, 6) is 1.19. The van der Waals surface area contributed by atoms with Gasteiger partial charge < -0.3 is 15.6 Å². The Hall–Kier alpha value is -1.62. The van der Waals surface area contributed by atoms with Crippen molar-refractivity contribution in [2.45, 2.75) is 25.8 Å². The summed E-state index contributed by atoms with van der Waals surface area (Å²) < 4.78 is 13.2. The molecule has 1 unspecified atom stereocenters. The molecule has 0 radical (unpaired) electrons. The molecule has 2 aromatic rings. The molecule has 1 saturated heterocycles. The van der Waals surface area contributed by atoms with E-state index in [0.29, 0.717) is 5.92 Å². The molecule has 102 valence electrons. The maximum atomic E-state index is 13.2. The zero-order chi connectivity index (χ0) is 13.4. The molecule has 4 nitrogen and oxygen atoms in total. The van der Waals surface area contributed by atoms with Crippen molar-refractivity contribution in [1.29, 1.82) is 0 Å². The Morgan fingerprint density at radius 3 is 2.84 bits per heavy atom. The minimum atomic E-state index is -0.238. The number of rotatable bonds is 2. The van der Waals surface area contributed by atoms with Crippen LogP contribution in [0, 0.1) is 11.7 Å². The van der Waals surface area contributed by atoms with Gasteiger partial charge in [-0.25, -0.2) is 9.37 Å². The normalized spacial score (nSPS) is 19.0. The zero-order valence-electron chi connectivity index (χ0n) is 11.1. The smallest absolute Gasteiger partial charge is 0.203 e. The number of fused-ring (bicyclic) bond motifs is 1. The van der Waals surface area contributed by atoms with Crippen molar-refractivity contribution in [3.63, 3.8) is 0 Å². The van der Waals surface area contributed by atoms with Crippen molar-refractivity contribution in [1.82, 2.24) is 9.97 Å². The fourth-order valence-corrected chi connectivity index (χ4v) is 2.76. The number of aromatic amines is 1. The highest BCUT2D eigenvalue weighted by Gasteiger charge is 2.23. The summed E-state index contributed by atoms with van der Waals surface area (Å²) in [6.07, 6.45) is 2.17. The van der Waals surface area contributed by atoms with Crippen molar-refractivity contribution < 1.29 is 4.39 Å². The van der Waals surface area contributed by atoms with Gasteiger partial charge in [-0.3, -0.25) is 0 Å². The number of nitrogens with one attached hydrogen (secondary N) is 1. The van der Waals surface area contributed by atoms with Crippen LogP contribution in [0.25, 0.3) is 11.0 Å². The molecule has 1 atom stereocenters. The summed E-state index contributed by atoms with van der Waals surface area (Å²) in [6.45, 7) is 3.98. The van der Waals surface area contributed by atoms with Gasteiger partial charge in [-0.15, -0.1) is 0 Å². The molecular weight excluding hydrogens is 243 g/mol. The lowest BCUT2D eigenvalue weighted by Crippen LogP contribution is -2.40. The first-order valence-corrected chi connectivity index (χ1v) is 6.79. The minimum Gasteiger partial charge on any atom is -0.342 e. The van der Waals surface area contributed by atoms with Crippen LogP contribution in [-0.2, 0) is 0 Å². The van der Waals surface area contributed by atoms with Gasteiger partial charge in [-0.05, 0) is 43.9 Å². The molecule has 0 aliphatic carbocycles. The molecule has 0 bridgehead atoms. The van der Waals surface area contributed by atoms with E-state index >= 15 is 0 Å². The zero-order valence-corrected chi connectivity index (χ0v) is 11.1. The minimum absolute atomic E-state index is 0.238. The predicted molar refractivity (Wildman–Crippen MR) is 74.6 cm³/mol. The SMILES string of the molecule is CC(N)C1CCN(c2nc3ccc(F)cc3[nH]2)CC1. The Labute approximate surface area is 111 Å². The maximum Gasteiger partial charge on any atom is 0.203 e. The Balaban J connectivity index is 1.78. The lowest BCUT2D eigenvalue weighted by molar-refractivity contribution is 0.353. The molecule has 1 aromatic carbocycles. The standard InChI is InChI=1S/C14H19FN4/c1-9(16)10-4-6-19(7-5-10)14-17-12-3-2-11(15)8-13(12)18-14/h2-3,8-10H,4-7,16H2,1H3,(H,17,18). The fraction of sp³-hybridized carbons (Fsp3) is 0.500. The molecule has 19 heavy (non-hydrogen) atoms. The largest absolute Gasteiger partial charge is 0.342 e. The molecule has 5 heteroatoms. The van der Waals surface area contributed by atoms with Crippen LogP contribution in [0.4, 0.5) is 10.3 Å². The van der Waals surface area contributed by atoms with Gasteiger partial charge in [-0.2, -0.15) is 0 Å². The van der Waals surface area contributed by atoms with Crippen LogP contribution < -0.4 is 10.6 Å². The number of nitrogens with zero attached hydrogens (tertiary/aromatic N) is 2. The van der Waals surface area contributed by atoms with Crippen LogP contribution in [0.2, 0.25) is 0 Å². The first-order valence-electron chi connectivity index (χ1n) is 6.79. The van der Waals surface area contributed by atoms with E-state index in [2.05, 4.69) is 21.8 Å². The van der Waals surface area contributed by atoms with Gasteiger partial charge in [0.05, 0.1) is 11.0 Å². The van der Waals surface area contributed by atoms with Gasteiger partial charge in [0.1, 0.15) is 5.82 Å². The number of benzene rings is 1. The van der Waals surface area contributed by atoms with Gasteiger partial charge in [0.2, 0.25) is 5.95 Å². The predicted octanol–water partition coefficient (Wildman–Crippen LogP) is 2.27. The highest BCUT2D eigenvalue weighted by atomic mass is 19.1. The average Bonchev–Trinajstić information content (AvgIpc) is 2.81. The third-order valence-corrected chi connectivity index (χ3v) is 4.01. The number of piperidine rings is 1. The fourth-order valence-electron chi connectivity index (χ4n) is 2.76. The second-order valence-electron chi connectivity index (χ2n) is 5.41. The monoisotopic (exact) mass is 262 g/mol. The van der Waals surface area contributed by atoms with Crippen LogP contribution in [0.1, 0.15) is 19.8 Å². The first-order chi connectivity index (χ1) is 9.13. The number of hydrogen-bond acceptors (Lipinski definition) is 3. The molecule has 1 aromatic heterocycles. The second kappa shape index (κ2) is 4.81. The Morgan fingerprint density at radius 1 is 1.42 bits per heavy atom. The van der Waals surface area contributed by atoms with Crippen molar-refractivity contribution in [3.8, 4) is 0 Å². The van der Waals surface area contributed by atoms with Crippen LogP contribution in [0.5, 0.6) is 0 Å². The number of nitrogens with two attached hydrogens (primary N) is 1. The summed E-state index contributed by atoms with van der Waals surface area (Å²) in [5, 5.41) is 0. The molecule has 2 heterocycles. The van der Waals surface area contributed by atoms with Crippen LogP contribution in [-0.4, -0.2) is 29.1 Å². The summed E-state index contributed by atoms with van der Waals surface area (Å²) >= 11 is 0. The first kappa shape index (κ1) is 12.4. The van der Waals surface area contributed by atoms with Gasteiger partial charge in [0, 0.05) is 19.1 Å². The van der Waals surface area contributed by atoms with Gasteiger partial charge in [0.15, 0.2) is 0 Å². The summed E-state index contributed by atoms with van der Waals surface area (Å²) in [4.78, 5) is 9.93. The van der Waals surface area contributed by atoms with Crippen molar-refractivity contribution in [3.05, 3.63) is 24.0 Å². The van der Waals surface area contributed by atoms with E-state index in [9.17, 15) is 4.39 Å². The summed E-state index contributed by atoms with van der Waals surface area (Å²) in [7, 11) is 0. The third kappa shape index (κ3) is 2.42. The van der Waals surface area contributed by atoms with E-state index in [4.69, 9.17) is 5.73 Å². The Morgan fingerprint density at radius 2 is 2.16 bits per heavy atom. The highest BCUT2D eigenvalue weighted by molar-refractivity contribution is 5.77. The molecule has 3 N–H and O–H groups in total. The van der Waals surface area contributed by atoms with E-state index in [1.165, 1.54) is 12.1 Å². The van der Waals surface area contributed by atoms with E-state index < -0.39 is 0 Å². The van der Waals surface area contributed by atoms with Gasteiger partial charge >= 0.3 is 0 Å². The van der Waals surface area contributed by atoms with E-state index in [1.54, 1.807) is 6.07 Å². The molecule has 1 aliphatic rings. The van der Waals surface area contributed by atoms with Crippen LogP contribution >= 0.6 is 0 Å². The number of anilines is 1. The van der Waals surface area contributed by atoms with Gasteiger partial charge in [-0.1, -0.05) is 0 Å². The molecule has 0 spiro atoms. The topological polar surface area (TPSA) is 57.9 Å². The number of imidazole rings is 1. The molecule has 1 aliphatic heterocycles. The van der Waals surface area contributed by atoms with Gasteiger partial charge in [0.25, 0.3) is 0 Å². The van der Waals surface area contributed by atoms with E-state index in [-0.39, 0.29) is 11.9 Å². The Kier molecular flexibility index (Phi) is 3.14. The van der Waals surface area contributed by atoms with E-state index in [0.717, 1.165) is 42.9 Å². The molecule has 0 amide bonds. The number of H-pyrrole nitrogens is 1. The van der Waals surface area contributed by atoms with Crippen LogP contribution in [0.3, 0.4) is 0 Å². The molecular formula is C14H19FN4. The summed E-state index contributed by atoms with van der Waals surface area (Å²) in [5.41, 5.74) is 7.51. The lowest BCUT2D eigenvalue weighted by atomic mass is 9.91. The summed E-state index contributed by atoms with van der Waals surface area (Å²) in [6, 6.07) is 4.89.